The number of hydrogen-bond acceptors (Lipinski definition) is 6. The lowest BCUT2D eigenvalue weighted by Gasteiger charge is -2.26. The first-order valence-corrected chi connectivity index (χ1v) is 11.4. The highest BCUT2D eigenvalue weighted by Gasteiger charge is 2.28. The first kappa shape index (κ1) is 21.4. The van der Waals surface area contributed by atoms with Crippen LogP contribution in [0.4, 0.5) is 0 Å². The number of fused-ring (bicyclic) bond motifs is 6. The van der Waals surface area contributed by atoms with Gasteiger partial charge in [-0.15, -0.1) is 0 Å². The molecule has 0 spiro atoms. The Kier molecular flexibility index (Phi) is 5.26. The molecular weight excluding hydrogens is 418 g/mol. The summed E-state index contributed by atoms with van der Waals surface area (Å²) >= 11 is 0. The van der Waals surface area contributed by atoms with Crippen molar-refractivity contribution in [1.29, 1.82) is 0 Å². The van der Waals surface area contributed by atoms with Crippen LogP contribution in [0.15, 0.2) is 18.5 Å². The van der Waals surface area contributed by atoms with E-state index in [2.05, 4.69) is 12.3 Å². The van der Waals surface area contributed by atoms with Gasteiger partial charge in [0.05, 0.1) is 53.9 Å². The number of carbonyl (C=O) groups is 1. The smallest absolute Gasteiger partial charge is 0.223 e. The van der Waals surface area contributed by atoms with E-state index in [-0.39, 0.29) is 11.9 Å². The van der Waals surface area contributed by atoms with Gasteiger partial charge in [-0.3, -0.25) is 14.5 Å². The molecule has 4 heterocycles. The third-order valence-corrected chi connectivity index (χ3v) is 6.40. The first-order chi connectivity index (χ1) is 15.9. The number of carbonyl (C=O) groups excluding carboxylic acids is 1. The molecule has 0 N–H and O–H groups in total. The quantitative estimate of drug-likeness (QED) is 0.600. The van der Waals surface area contributed by atoms with Gasteiger partial charge in [-0.05, 0) is 27.2 Å². The number of ether oxygens (including phenoxy) is 1. The molecule has 0 atom stereocenters. The van der Waals surface area contributed by atoms with Gasteiger partial charge in [-0.25, -0.2) is 9.67 Å². The Morgan fingerprint density at radius 3 is 2.76 bits per heavy atom. The molecule has 3 aromatic heterocycles. The molecule has 2 aliphatic rings. The van der Waals surface area contributed by atoms with Gasteiger partial charge in [0.15, 0.2) is 0 Å². The van der Waals surface area contributed by atoms with Gasteiger partial charge in [0.1, 0.15) is 0 Å². The summed E-state index contributed by atoms with van der Waals surface area (Å²) in [7, 11) is 3.47. The second kappa shape index (κ2) is 8.13. The van der Waals surface area contributed by atoms with Crippen molar-refractivity contribution in [3.63, 3.8) is 0 Å². The summed E-state index contributed by atoms with van der Waals surface area (Å²) in [5.74, 6) is 0.704. The minimum atomic E-state index is 0.0354. The molecule has 4 bridgehead atoms. The Morgan fingerprint density at radius 1 is 1.18 bits per heavy atom. The van der Waals surface area contributed by atoms with Crippen molar-refractivity contribution in [3.05, 3.63) is 46.8 Å². The number of aryl methyl sites for hydroxylation is 3. The molecule has 172 valence electrons. The largest absolute Gasteiger partial charge is 0.481 e. The Bertz CT molecular complexity index is 1270. The molecule has 9 nitrogen and oxygen atoms in total. The van der Waals surface area contributed by atoms with Gasteiger partial charge in [0.2, 0.25) is 11.8 Å². The molecule has 0 saturated carbocycles. The van der Waals surface area contributed by atoms with Crippen molar-refractivity contribution >= 4 is 11.5 Å². The molecule has 0 aromatic carbocycles. The Labute approximate surface area is 193 Å². The van der Waals surface area contributed by atoms with E-state index in [9.17, 15) is 4.79 Å². The first-order valence-electron chi connectivity index (χ1n) is 11.4. The highest BCUT2D eigenvalue weighted by atomic mass is 16.5. The van der Waals surface area contributed by atoms with Crippen molar-refractivity contribution in [2.45, 2.75) is 59.2 Å². The van der Waals surface area contributed by atoms with E-state index in [4.69, 9.17) is 24.9 Å². The average Bonchev–Trinajstić information content (AvgIpc) is 3.44. The number of hydrogen-bond donors (Lipinski definition) is 0. The van der Waals surface area contributed by atoms with Crippen molar-refractivity contribution in [1.82, 2.24) is 34.4 Å². The highest BCUT2D eigenvalue weighted by molar-refractivity contribution is 5.84. The number of rotatable bonds is 2. The van der Waals surface area contributed by atoms with E-state index in [0.29, 0.717) is 31.1 Å². The molecule has 1 aliphatic carbocycles. The zero-order valence-corrected chi connectivity index (χ0v) is 19.8. The molecule has 33 heavy (non-hydrogen) atoms. The lowest BCUT2D eigenvalue weighted by Crippen LogP contribution is -2.36. The Hall–Kier alpha value is -3.49. The molecule has 0 saturated heterocycles. The van der Waals surface area contributed by atoms with E-state index in [1.807, 2.05) is 37.4 Å². The van der Waals surface area contributed by atoms with E-state index >= 15 is 0 Å². The van der Waals surface area contributed by atoms with Crippen molar-refractivity contribution < 1.29 is 9.53 Å². The molecule has 0 fully saturated rings. The van der Waals surface area contributed by atoms with E-state index in [1.54, 1.807) is 18.0 Å². The summed E-state index contributed by atoms with van der Waals surface area (Å²) < 4.78 is 9.35. The number of methoxy groups -OCH3 is 1. The second-order valence-corrected chi connectivity index (χ2v) is 8.94. The normalized spacial score (nSPS) is 15.9. The fraction of sp³-hybridized carbons (Fsp3) is 0.458. The Balaban J connectivity index is 1.71. The standard InChI is InChI=1S/C24H29N7O2/c1-14(2)31-13-20-22(24(33-5)29(4)28-20)19-11-25-18-9-8-16(23(18)26-19)17-12-30(27-15(17)3)10-6-7-21(31)32/h8,11-12,14H,6-7,9-10,13H2,1-5H3. The molecule has 1 aliphatic heterocycles. The van der Waals surface area contributed by atoms with Crippen molar-refractivity contribution in [2.24, 2.45) is 7.05 Å². The summed E-state index contributed by atoms with van der Waals surface area (Å²) in [6, 6.07) is 0.0354. The monoisotopic (exact) mass is 447 g/mol. The van der Waals surface area contributed by atoms with Gasteiger partial charge in [-0.1, -0.05) is 6.08 Å². The van der Waals surface area contributed by atoms with Crippen LogP contribution >= 0.6 is 0 Å². The molecule has 0 radical (unpaired) electrons. The summed E-state index contributed by atoms with van der Waals surface area (Å²) in [6.07, 6.45) is 7.94. The van der Waals surface area contributed by atoms with Crippen LogP contribution in [0.25, 0.3) is 16.8 Å². The van der Waals surface area contributed by atoms with E-state index < -0.39 is 0 Å². The minimum Gasteiger partial charge on any atom is -0.481 e. The SMILES string of the molecule is COc1c2c(nn1C)CN(C(C)C)C(=O)CCCn1cc(c(C)n1)C1=CCc3ncc-2nc31. The molecule has 9 heteroatoms. The second-order valence-electron chi connectivity index (χ2n) is 8.94. The number of amides is 1. The highest BCUT2D eigenvalue weighted by Crippen LogP contribution is 2.37. The average molecular weight is 448 g/mol. The summed E-state index contributed by atoms with van der Waals surface area (Å²) in [5, 5.41) is 9.41. The van der Waals surface area contributed by atoms with Gasteiger partial charge in [0.25, 0.3) is 0 Å². The molecule has 5 rings (SSSR count). The summed E-state index contributed by atoms with van der Waals surface area (Å²) in [6.45, 7) is 7.14. The van der Waals surface area contributed by atoms with Crippen LogP contribution in [-0.2, 0) is 31.4 Å². The summed E-state index contributed by atoms with van der Waals surface area (Å²) in [5.41, 5.74) is 7.12. The maximum atomic E-state index is 13.2. The summed E-state index contributed by atoms with van der Waals surface area (Å²) in [4.78, 5) is 24.8. The van der Waals surface area contributed by atoms with Crippen LogP contribution in [0.5, 0.6) is 5.88 Å². The number of allylic oxidation sites excluding steroid dienone is 1. The third kappa shape index (κ3) is 3.61. The maximum absolute atomic E-state index is 13.2. The number of aromatic nitrogens is 6. The zero-order chi connectivity index (χ0) is 23.3. The lowest BCUT2D eigenvalue weighted by molar-refractivity contribution is -0.133. The van der Waals surface area contributed by atoms with Crippen LogP contribution in [-0.4, -0.2) is 53.5 Å². The van der Waals surface area contributed by atoms with Gasteiger partial charge in [0, 0.05) is 49.8 Å². The van der Waals surface area contributed by atoms with Crippen LogP contribution < -0.4 is 4.74 Å². The van der Waals surface area contributed by atoms with Crippen LogP contribution in [0.2, 0.25) is 0 Å². The van der Waals surface area contributed by atoms with Crippen LogP contribution in [0.3, 0.4) is 0 Å². The van der Waals surface area contributed by atoms with Crippen LogP contribution in [0, 0.1) is 6.92 Å². The molecule has 0 unspecified atom stereocenters. The van der Waals surface area contributed by atoms with E-state index in [0.717, 1.165) is 52.3 Å². The molecule has 3 aromatic rings. The predicted molar refractivity (Wildman–Crippen MR) is 123 cm³/mol. The zero-order valence-electron chi connectivity index (χ0n) is 19.8. The van der Waals surface area contributed by atoms with Gasteiger partial charge >= 0.3 is 0 Å². The Morgan fingerprint density at radius 2 is 2.00 bits per heavy atom. The molecular formula is C24H29N7O2. The van der Waals surface area contributed by atoms with Gasteiger partial charge in [-0.2, -0.15) is 10.2 Å². The van der Waals surface area contributed by atoms with Crippen molar-refractivity contribution in [3.8, 4) is 17.1 Å². The topological polar surface area (TPSA) is 91.0 Å². The van der Waals surface area contributed by atoms with Gasteiger partial charge < -0.3 is 9.64 Å². The molecule has 1 amide bonds. The predicted octanol–water partition coefficient (Wildman–Crippen LogP) is 2.91. The fourth-order valence-electron chi connectivity index (χ4n) is 4.75. The van der Waals surface area contributed by atoms with E-state index in [1.165, 1.54) is 0 Å². The fourth-order valence-corrected chi connectivity index (χ4v) is 4.75. The third-order valence-electron chi connectivity index (χ3n) is 6.40. The maximum Gasteiger partial charge on any atom is 0.223 e. The van der Waals surface area contributed by atoms with Crippen molar-refractivity contribution in [2.75, 3.05) is 7.11 Å². The lowest BCUT2D eigenvalue weighted by atomic mass is 10.1. The number of nitrogens with zero attached hydrogens (tertiary/aromatic N) is 7. The minimum absolute atomic E-state index is 0.0354. The van der Waals surface area contributed by atoms with Crippen LogP contribution in [0.1, 0.15) is 55.0 Å².